The van der Waals surface area contributed by atoms with E-state index in [0.717, 1.165) is 11.1 Å². The number of para-hydroxylation sites is 1. The van der Waals surface area contributed by atoms with Crippen LogP contribution in [0.5, 0.6) is 23.0 Å². The number of halogens is 1. The van der Waals surface area contributed by atoms with Gasteiger partial charge in [-0.1, -0.05) is 30.3 Å². The first-order chi connectivity index (χ1) is 15.5. The van der Waals surface area contributed by atoms with E-state index in [1.807, 2.05) is 42.5 Å². The number of benzene rings is 3. The van der Waals surface area contributed by atoms with Gasteiger partial charge in [-0.2, -0.15) is 0 Å². The predicted octanol–water partition coefficient (Wildman–Crippen LogP) is 4.38. The van der Waals surface area contributed by atoms with E-state index in [1.54, 1.807) is 31.3 Å². The molecule has 0 aromatic heterocycles. The summed E-state index contributed by atoms with van der Waals surface area (Å²) in [5.41, 5.74) is 1.59. The molecule has 0 bridgehead atoms. The van der Waals surface area contributed by atoms with Crippen LogP contribution in [0.4, 0.5) is 4.39 Å². The van der Waals surface area contributed by atoms with Gasteiger partial charge in [-0.05, 0) is 47.5 Å². The molecule has 0 aliphatic carbocycles. The molecule has 4 rings (SSSR count). The third-order valence-corrected chi connectivity index (χ3v) is 5.45. The molecular weight excluding hydrogens is 413 g/mol. The van der Waals surface area contributed by atoms with Crippen LogP contribution in [0.2, 0.25) is 0 Å². The van der Waals surface area contributed by atoms with Crippen molar-refractivity contribution in [3.05, 3.63) is 83.7 Å². The topological polar surface area (TPSA) is 57.2 Å². The molecule has 1 saturated heterocycles. The van der Waals surface area contributed by atoms with E-state index >= 15 is 0 Å². The molecule has 0 saturated carbocycles. The van der Waals surface area contributed by atoms with Crippen LogP contribution in [0, 0.1) is 5.82 Å². The number of β-lactam (4-membered cyclic amide) rings is 1. The van der Waals surface area contributed by atoms with E-state index in [-0.39, 0.29) is 11.7 Å². The maximum absolute atomic E-state index is 13.3. The molecule has 1 aliphatic heterocycles. The van der Waals surface area contributed by atoms with Crippen LogP contribution in [0.3, 0.4) is 0 Å². The lowest BCUT2D eigenvalue weighted by atomic mass is 9.89. The number of amides is 1. The molecule has 1 heterocycles. The Labute approximate surface area is 186 Å². The Morgan fingerprint density at radius 2 is 1.50 bits per heavy atom. The molecule has 3 aromatic carbocycles. The Hall–Kier alpha value is -3.74. The highest BCUT2D eigenvalue weighted by Gasteiger charge is 2.50. The summed E-state index contributed by atoms with van der Waals surface area (Å²) in [6, 6.07) is 18.5. The summed E-state index contributed by atoms with van der Waals surface area (Å²) < 4.78 is 35.8. The number of carbonyl (C=O) groups excluding carboxylic acids is 1. The number of ether oxygens (including phenoxy) is 4. The second-order valence-corrected chi connectivity index (χ2v) is 7.35. The molecule has 1 aliphatic rings. The van der Waals surface area contributed by atoms with Crippen molar-refractivity contribution in [3.63, 3.8) is 0 Å². The quantitative estimate of drug-likeness (QED) is 0.490. The fourth-order valence-electron chi connectivity index (χ4n) is 3.87. The van der Waals surface area contributed by atoms with Crippen LogP contribution in [0.15, 0.2) is 66.7 Å². The fraction of sp³-hybridized carbons (Fsp3) is 0.240. The van der Waals surface area contributed by atoms with Gasteiger partial charge in [-0.3, -0.25) is 4.79 Å². The predicted molar refractivity (Wildman–Crippen MR) is 117 cm³/mol. The third kappa shape index (κ3) is 4.06. The van der Waals surface area contributed by atoms with Crippen molar-refractivity contribution in [2.75, 3.05) is 21.3 Å². The number of hydrogen-bond donors (Lipinski definition) is 0. The first-order valence-electron chi connectivity index (χ1n) is 10.1. The Morgan fingerprint density at radius 3 is 2.06 bits per heavy atom. The lowest BCUT2D eigenvalue weighted by molar-refractivity contribution is -0.165. The monoisotopic (exact) mass is 437 g/mol. The largest absolute Gasteiger partial charge is 0.493 e. The van der Waals surface area contributed by atoms with Crippen molar-refractivity contribution < 1.29 is 28.1 Å². The van der Waals surface area contributed by atoms with Crippen LogP contribution >= 0.6 is 0 Å². The zero-order valence-electron chi connectivity index (χ0n) is 18.1. The van der Waals surface area contributed by atoms with Crippen LogP contribution in [0.1, 0.15) is 17.2 Å². The van der Waals surface area contributed by atoms with Crippen molar-refractivity contribution >= 4 is 5.91 Å². The molecule has 3 aromatic rings. The highest BCUT2D eigenvalue weighted by Crippen LogP contribution is 2.45. The molecule has 1 fully saturated rings. The Kier molecular flexibility index (Phi) is 6.16. The van der Waals surface area contributed by atoms with Crippen molar-refractivity contribution in [1.82, 2.24) is 4.90 Å². The summed E-state index contributed by atoms with van der Waals surface area (Å²) in [6.07, 6.45) is -0.722. The molecule has 32 heavy (non-hydrogen) atoms. The van der Waals surface area contributed by atoms with Crippen LogP contribution in [-0.4, -0.2) is 38.2 Å². The average Bonchev–Trinajstić information content (AvgIpc) is 2.83. The molecule has 0 N–H and O–H groups in total. The van der Waals surface area contributed by atoms with E-state index < -0.39 is 12.1 Å². The van der Waals surface area contributed by atoms with Gasteiger partial charge in [0, 0.05) is 6.54 Å². The molecule has 6 nitrogen and oxygen atoms in total. The summed E-state index contributed by atoms with van der Waals surface area (Å²) in [5, 5.41) is 0. The molecule has 2 atom stereocenters. The average molecular weight is 437 g/mol. The lowest BCUT2D eigenvalue weighted by Gasteiger charge is -2.47. The number of likely N-dealkylation sites (tertiary alicyclic amines) is 1. The second-order valence-electron chi connectivity index (χ2n) is 7.35. The van der Waals surface area contributed by atoms with Gasteiger partial charge in [-0.15, -0.1) is 0 Å². The van der Waals surface area contributed by atoms with Crippen LogP contribution in [-0.2, 0) is 11.3 Å². The maximum atomic E-state index is 13.3. The third-order valence-electron chi connectivity index (χ3n) is 5.45. The van der Waals surface area contributed by atoms with Gasteiger partial charge in [0.05, 0.1) is 21.3 Å². The van der Waals surface area contributed by atoms with Crippen molar-refractivity contribution in [2.24, 2.45) is 0 Å². The number of nitrogens with zero attached hydrogens (tertiary/aromatic N) is 1. The Morgan fingerprint density at radius 1 is 0.875 bits per heavy atom. The molecule has 7 heteroatoms. The number of carbonyl (C=O) groups is 1. The zero-order chi connectivity index (χ0) is 22.7. The van der Waals surface area contributed by atoms with E-state index in [1.165, 1.54) is 19.2 Å². The minimum atomic E-state index is -0.722. The smallest absolute Gasteiger partial charge is 0.267 e. The van der Waals surface area contributed by atoms with Crippen molar-refractivity contribution in [3.8, 4) is 23.0 Å². The minimum absolute atomic E-state index is 0.156. The molecule has 0 unspecified atom stereocenters. The second kappa shape index (κ2) is 9.18. The normalized spacial score (nSPS) is 17.5. The fourth-order valence-corrected chi connectivity index (χ4v) is 3.87. The van der Waals surface area contributed by atoms with Gasteiger partial charge in [0.25, 0.3) is 5.91 Å². The Bertz CT molecular complexity index is 1060. The lowest BCUT2D eigenvalue weighted by Crippen LogP contribution is -2.60. The van der Waals surface area contributed by atoms with Crippen LogP contribution in [0.25, 0.3) is 0 Å². The number of rotatable bonds is 8. The van der Waals surface area contributed by atoms with Gasteiger partial charge < -0.3 is 23.8 Å². The maximum Gasteiger partial charge on any atom is 0.267 e. The standard InChI is InChI=1S/C25H24FNO5/c1-29-20-13-17(14-21(30-2)23(20)31-3)22-24(32-19-7-5-4-6-8-19)25(28)27(22)15-16-9-11-18(26)12-10-16/h4-14,22,24H,15H2,1-3H3/t22-,24+/m1/s1. The Balaban J connectivity index is 1.71. The summed E-state index contributed by atoms with van der Waals surface area (Å²) >= 11 is 0. The molecule has 1 amide bonds. The molecule has 0 spiro atoms. The molecule has 166 valence electrons. The molecular formula is C25H24FNO5. The van der Waals surface area contributed by atoms with Gasteiger partial charge in [0.15, 0.2) is 11.5 Å². The highest BCUT2D eigenvalue weighted by molar-refractivity contribution is 5.89. The van der Waals surface area contributed by atoms with Gasteiger partial charge in [-0.25, -0.2) is 4.39 Å². The van der Waals surface area contributed by atoms with E-state index in [9.17, 15) is 9.18 Å². The van der Waals surface area contributed by atoms with Gasteiger partial charge in [0.2, 0.25) is 11.9 Å². The molecule has 0 radical (unpaired) electrons. The summed E-state index contributed by atoms with van der Waals surface area (Å²) in [5.74, 6) is 1.56. The zero-order valence-corrected chi connectivity index (χ0v) is 18.1. The number of hydrogen-bond acceptors (Lipinski definition) is 5. The van der Waals surface area contributed by atoms with Crippen LogP contribution < -0.4 is 18.9 Å². The van der Waals surface area contributed by atoms with E-state index in [2.05, 4.69) is 0 Å². The van der Waals surface area contributed by atoms with E-state index in [4.69, 9.17) is 18.9 Å². The summed E-state index contributed by atoms with van der Waals surface area (Å²) in [4.78, 5) is 14.8. The first-order valence-corrected chi connectivity index (χ1v) is 10.1. The van der Waals surface area contributed by atoms with Gasteiger partial charge in [0.1, 0.15) is 17.6 Å². The first kappa shape index (κ1) is 21.5. The number of methoxy groups -OCH3 is 3. The summed E-state index contributed by atoms with van der Waals surface area (Å²) in [6.45, 7) is 0.315. The van der Waals surface area contributed by atoms with E-state index in [0.29, 0.717) is 29.5 Å². The summed E-state index contributed by atoms with van der Waals surface area (Å²) in [7, 11) is 4.62. The minimum Gasteiger partial charge on any atom is -0.493 e. The van der Waals surface area contributed by atoms with Crippen molar-refractivity contribution in [2.45, 2.75) is 18.7 Å². The SMILES string of the molecule is COc1cc([C@@H]2[C@H](Oc3ccccc3)C(=O)N2Cc2ccc(F)cc2)cc(OC)c1OC. The van der Waals surface area contributed by atoms with Crippen molar-refractivity contribution in [1.29, 1.82) is 0 Å². The van der Waals surface area contributed by atoms with Gasteiger partial charge >= 0.3 is 0 Å². The highest BCUT2D eigenvalue weighted by atomic mass is 19.1.